The zero-order valence-corrected chi connectivity index (χ0v) is 25.5. The Bertz CT molecular complexity index is 1650. The molecule has 0 saturated heterocycles. The number of hydrogen-bond acceptors (Lipinski definition) is 5. The van der Waals surface area contributed by atoms with Crippen LogP contribution in [0.5, 0.6) is 5.75 Å². The number of hydrogen-bond donors (Lipinski definition) is 1. The molecule has 1 aliphatic carbocycles. The van der Waals surface area contributed by atoms with Crippen molar-refractivity contribution in [2.24, 2.45) is 5.73 Å². The van der Waals surface area contributed by atoms with E-state index in [1.807, 2.05) is 0 Å². The molecule has 1 aliphatic rings. The lowest BCUT2D eigenvalue weighted by Gasteiger charge is -2.34. The second-order valence-corrected chi connectivity index (χ2v) is 11.5. The fourth-order valence-electron chi connectivity index (χ4n) is 5.37. The highest BCUT2D eigenvalue weighted by atomic mass is 35.5. The molecule has 5 nitrogen and oxygen atoms in total. The number of nitrogens with zero attached hydrogens (tertiary/aromatic N) is 1. The van der Waals surface area contributed by atoms with Gasteiger partial charge in [0.15, 0.2) is 0 Å². The normalized spacial score (nSPS) is 13.8. The summed E-state index contributed by atoms with van der Waals surface area (Å²) >= 11 is 7.29. The molecule has 1 aromatic heterocycles. The van der Waals surface area contributed by atoms with E-state index in [2.05, 4.69) is 5.73 Å². The van der Waals surface area contributed by atoms with Gasteiger partial charge in [0.05, 0.1) is 22.2 Å². The van der Waals surface area contributed by atoms with E-state index in [1.165, 1.54) is 26.3 Å². The molecule has 1 saturated carbocycles. The Hall–Kier alpha value is -3.54. The lowest BCUT2D eigenvalue weighted by molar-refractivity contribution is -0.0885. The highest BCUT2D eigenvalue weighted by molar-refractivity contribution is 7.21. The van der Waals surface area contributed by atoms with Crippen LogP contribution < -0.4 is 10.5 Å². The molecular formula is C32H30ClF5N2O3S. The first kappa shape index (κ1) is 33.4. The molecule has 0 atom stereocenters. The molecule has 1 amide bonds. The van der Waals surface area contributed by atoms with Gasteiger partial charge < -0.3 is 15.4 Å². The van der Waals surface area contributed by atoms with Crippen LogP contribution in [0.25, 0.3) is 21.2 Å². The molecule has 12 heteroatoms. The summed E-state index contributed by atoms with van der Waals surface area (Å²) in [7, 11) is 2.98. The number of Topliss-reactive ketones (excluding diaryl/α,β-unsaturated/α-hetero) is 1. The maximum absolute atomic E-state index is 14.6. The summed E-state index contributed by atoms with van der Waals surface area (Å²) in [6.07, 6.45) is -0.625. The summed E-state index contributed by atoms with van der Waals surface area (Å²) in [5.74, 6) is -3.27. The predicted molar refractivity (Wildman–Crippen MR) is 162 cm³/mol. The SMILES string of the molecule is CN.COc1ccc(-c2ccc(C(=O)C(F)(F)F)cc2)cc1CN(C(=O)c1sc2c(F)ccc(F)c2c1Cl)C1CCCCC1. The van der Waals surface area contributed by atoms with Crippen molar-refractivity contribution in [3.8, 4) is 16.9 Å². The van der Waals surface area contributed by atoms with Crippen LogP contribution in [0.3, 0.4) is 0 Å². The number of ether oxygens (including phenoxy) is 1. The van der Waals surface area contributed by atoms with Gasteiger partial charge in [0.2, 0.25) is 0 Å². The summed E-state index contributed by atoms with van der Waals surface area (Å²) in [6, 6.07) is 12.1. The lowest BCUT2D eigenvalue weighted by atomic mass is 9.93. The second kappa shape index (κ2) is 14.0. The minimum absolute atomic E-state index is 0.0287. The van der Waals surface area contributed by atoms with Crippen molar-refractivity contribution >= 4 is 44.7 Å². The Labute approximate surface area is 260 Å². The van der Waals surface area contributed by atoms with Gasteiger partial charge >= 0.3 is 6.18 Å². The first-order valence-corrected chi connectivity index (χ1v) is 15.0. The van der Waals surface area contributed by atoms with Crippen LogP contribution in [0, 0.1) is 11.6 Å². The van der Waals surface area contributed by atoms with Gasteiger partial charge in [-0.15, -0.1) is 11.3 Å². The molecule has 0 unspecified atom stereocenters. The Kier molecular flexibility index (Phi) is 10.6. The van der Waals surface area contributed by atoms with Gasteiger partial charge in [0, 0.05) is 23.7 Å². The highest BCUT2D eigenvalue weighted by Crippen LogP contribution is 2.40. The Morgan fingerprint density at radius 1 is 0.955 bits per heavy atom. The molecule has 5 rings (SSSR count). The number of amides is 1. The fraction of sp³-hybridized carbons (Fsp3) is 0.312. The average molecular weight is 653 g/mol. The van der Waals surface area contributed by atoms with Crippen LogP contribution in [0.1, 0.15) is 57.7 Å². The number of thiophene rings is 1. The monoisotopic (exact) mass is 652 g/mol. The van der Waals surface area contributed by atoms with Crippen LogP contribution in [0.4, 0.5) is 22.0 Å². The summed E-state index contributed by atoms with van der Waals surface area (Å²) in [5.41, 5.74) is 5.85. The van der Waals surface area contributed by atoms with Crippen LogP contribution in [0.15, 0.2) is 54.6 Å². The van der Waals surface area contributed by atoms with Gasteiger partial charge in [0.1, 0.15) is 22.3 Å². The quantitative estimate of drug-likeness (QED) is 0.160. The number of carbonyl (C=O) groups is 2. The minimum Gasteiger partial charge on any atom is -0.496 e. The van der Waals surface area contributed by atoms with E-state index >= 15 is 0 Å². The van der Waals surface area contributed by atoms with Gasteiger partial charge in [-0.25, -0.2) is 8.78 Å². The molecule has 44 heavy (non-hydrogen) atoms. The zero-order valence-electron chi connectivity index (χ0n) is 23.9. The molecule has 4 aromatic rings. The van der Waals surface area contributed by atoms with E-state index in [0.717, 1.165) is 67.7 Å². The van der Waals surface area contributed by atoms with Crippen molar-refractivity contribution in [1.82, 2.24) is 4.90 Å². The second-order valence-electron chi connectivity index (χ2n) is 10.1. The summed E-state index contributed by atoms with van der Waals surface area (Å²) in [4.78, 5) is 27.3. The molecule has 0 spiro atoms. The Balaban J connectivity index is 0.00000216. The molecule has 0 aliphatic heterocycles. The van der Waals surface area contributed by atoms with Crippen LogP contribution in [0.2, 0.25) is 5.02 Å². The van der Waals surface area contributed by atoms with Gasteiger partial charge in [-0.1, -0.05) is 61.2 Å². The van der Waals surface area contributed by atoms with Crippen molar-refractivity contribution < 1.29 is 36.3 Å². The van der Waals surface area contributed by atoms with E-state index in [4.69, 9.17) is 16.3 Å². The van der Waals surface area contributed by atoms with Gasteiger partial charge in [-0.05, 0) is 55.3 Å². The van der Waals surface area contributed by atoms with Crippen LogP contribution >= 0.6 is 22.9 Å². The lowest BCUT2D eigenvalue weighted by Crippen LogP contribution is -2.40. The van der Waals surface area contributed by atoms with E-state index in [-0.39, 0.29) is 32.6 Å². The van der Waals surface area contributed by atoms with Crippen molar-refractivity contribution in [1.29, 1.82) is 0 Å². The molecular weight excluding hydrogens is 623 g/mol. The van der Waals surface area contributed by atoms with Crippen molar-refractivity contribution in [2.75, 3.05) is 14.2 Å². The molecule has 2 N–H and O–H groups in total. The summed E-state index contributed by atoms with van der Waals surface area (Å²) in [6.45, 7) is 0.0979. The maximum Gasteiger partial charge on any atom is 0.454 e. The van der Waals surface area contributed by atoms with Crippen LogP contribution in [-0.2, 0) is 6.54 Å². The number of ketones is 1. The number of fused-ring (bicyclic) bond motifs is 1. The van der Waals surface area contributed by atoms with Crippen molar-refractivity contribution in [2.45, 2.75) is 50.9 Å². The fourth-order valence-corrected chi connectivity index (χ4v) is 6.87. The highest BCUT2D eigenvalue weighted by Gasteiger charge is 2.39. The third-order valence-electron chi connectivity index (χ3n) is 7.51. The van der Waals surface area contributed by atoms with Gasteiger partial charge in [-0.2, -0.15) is 13.2 Å². The van der Waals surface area contributed by atoms with E-state index < -0.39 is 35.1 Å². The first-order valence-electron chi connectivity index (χ1n) is 13.8. The smallest absolute Gasteiger partial charge is 0.454 e. The number of methoxy groups -OCH3 is 1. The number of alkyl halides is 3. The molecule has 234 valence electrons. The number of halogens is 6. The number of rotatable bonds is 7. The minimum atomic E-state index is -4.97. The number of carbonyl (C=O) groups excluding carboxylic acids is 2. The Morgan fingerprint density at radius 3 is 2.16 bits per heavy atom. The third-order valence-corrected chi connectivity index (χ3v) is 9.19. The third kappa shape index (κ3) is 6.90. The average Bonchev–Trinajstić information content (AvgIpc) is 3.40. The Morgan fingerprint density at radius 2 is 1.57 bits per heavy atom. The largest absolute Gasteiger partial charge is 0.496 e. The van der Waals surface area contributed by atoms with Crippen molar-refractivity contribution in [3.63, 3.8) is 0 Å². The van der Waals surface area contributed by atoms with E-state index in [0.29, 0.717) is 22.4 Å². The van der Waals surface area contributed by atoms with Crippen molar-refractivity contribution in [3.05, 3.63) is 87.3 Å². The maximum atomic E-state index is 14.6. The first-order chi connectivity index (χ1) is 21.0. The van der Waals surface area contributed by atoms with Crippen LogP contribution in [-0.4, -0.2) is 43.0 Å². The standard InChI is InChI=1S/C31H25ClF5NO3S.CH5N/c1-41-24-14-11-19(17-7-9-18(10-8-17)29(39)31(35,36)37)15-20(24)16-38(21-5-3-2-4-6-21)30(40)28-26(32)25-22(33)12-13-23(34)27(25)42-28;1-2/h7-15,21H,2-6,16H2,1H3;2H2,1H3. The van der Waals surface area contributed by atoms with E-state index in [9.17, 15) is 31.5 Å². The van der Waals surface area contributed by atoms with Gasteiger partial charge in [0.25, 0.3) is 11.7 Å². The summed E-state index contributed by atoms with van der Waals surface area (Å²) in [5, 5.41) is -0.257. The topological polar surface area (TPSA) is 72.6 Å². The molecule has 0 radical (unpaired) electrons. The number of benzene rings is 3. The predicted octanol–water partition coefficient (Wildman–Crippen LogP) is 8.80. The molecule has 3 aromatic carbocycles. The van der Waals surface area contributed by atoms with Gasteiger partial charge in [-0.3, -0.25) is 9.59 Å². The summed E-state index contributed by atoms with van der Waals surface area (Å²) < 4.78 is 73.2. The molecule has 0 bridgehead atoms. The zero-order chi connectivity index (χ0) is 32.2. The molecule has 1 fully saturated rings. The van der Waals surface area contributed by atoms with E-state index in [1.54, 1.807) is 23.1 Å². The molecule has 1 heterocycles. The number of nitrogens with two attached hydrogens (primary N) is 1.